The van der Waals surface area contributed by atoms with Gasteiger partial charge in [-0.1, -0.05) is 69.5 Å². The molecule has 0 aromatic heterocycles. The lowest BCUT2D eigenvalue weighted by molar-refractivity contribution is -0.139. The van der Waals surface area contributed by atoms with Crippen LogP contribution >= 0.6 is 39.1 Å². The molecule has 0 aliphatic rings. The van der Waals surface area contributed by atoms with Crippen LogP contribution in [0.25, 0.3) is 0 Å². The van der Waals surface area contributed by atoms with Crippen LogP contribution < -0.4 is 9.62 Å². The van der Waals surface area contributed by atoms with Gasteiger partial charge in [-0.3, -0.25) is 13.9 Å². The Morgan fingerprint density at radius 1 is 0.921 bits per heavy atom. The maximum Gasteiger partial charge on any atom is 0.264 e. The van der Waals surface area contributed by atoms with Gasteiger partial charge in [0.25, 0.3) is 10.0 Å². The Bertz CT molecular complexity index is 1400. The molecule has 3 aromatic rings. The van der Waals surface area contributed by atoms with Crippen molar-refractivity contribution in [3.63, 3.8) is 0 Å². The van der Waals surface area contributed by atoms with E-state index in [0.29, 0.717) is 25.8 Å². The number of anilines is 1. The molecule has 0 fully saturated rings. The van der Waals surface area contributed by atoms with Crippen molar-refractivity contribution in [2.45, 2.75) is 44.3 Å². The molecule has 0 saturated heterocycles. The number of carbonyl (C=O) groups is 2. The van der Waals surface area contributed by atoms with Gasteiger partial charge in [-0.05, 0) is 68.8 Å². The van der Waals surface area contributed by atoms with Crippen molar-refractivity contribution in [1.29, 1.82) is 0 Å². The summed E-state index contributed by atoms with van der Waals surface area (Å²) >= 11 is 15.6. The molecule has 3 rings (SSSR count). The summed E-state index contributed by atoms with van der Waals surface area (Å²) in [6, 6.07) is 18.4. The standard InChI is InChI=1S/C27H28BrCl2N3O4S/c1-18(2)31-27(35)19(3)32(16-20-12-13-24(29)25(30)14-20)26(34)17-33(22-9-7-8-21(28)15-22)38(36,37)23-10-5-4-6-11-23/h4-15,18-19H,16-17H2,1-3H3,(H,31,35)/t19-/m1/s1. The summed E-state index contributed by atoms with van der Waals surface area (Å²) in [6.07, 6.45) is 0. The molecular formula is C27H28BrCl2N3O4S. The molecule has 1 N–H and O–H groups in total. The highest BCUT2D eigenvalue weighted by molar-refractivity contribution is 9.10. The molecule has 0 saturated carbocycles. The molecule has 0 aliphatic heterocycles. The Morgan fingerprint density at radius 2 is 1.61 bits per heavy atom. The Hall–Kier alpha value is -2.59. The van der Waals surface area contributed by atoms with Gasteiger partial charge in [0.05, 0.1) is 20.6 Å². The molecule has 38 heavy (non-hydrogen) atoms. The first-order chi connectivity index (χ1) is 17.9. The van der Waals surface area contributed by atoms with Crippen LogP contribution in [0.5, 0.6) is 0 Å². The van der Waals surface area contributed by atoms with Gasteiger partial charge in [-0.25, -0.2) is 8.42 Å². The average molecular weight is 641 g/mol. The number of benzene rings is 3. The zero-order chi connectivity index (χ0) is 28.0. The summed E-state index contributed by atoms with van der Waals surface area (Å²) in [6.45, 7) is 4.71. The third kappa shape index (κ3) is 7.50. The zero-order valence-electron chi connectivity index (χ0n) is 21.1. The van der Waals surface area contributed by atoms with Crippen LogP contribution in [0.4, 0.5) is 5.69 Å². The van der Waals surface area contributed by atoms with E-state index < -0.39 is 28.5 Å². The molecule has 0 unspecified atom stereocenters. The highest BCUT2D eigenvalue weighted by Crippen LogP contribution is 2.28. The maximum atomic E-state index is 13.8. The third-order valence-corrected chi connectivity index (χ3v) is 8.66. The molecule has 11 heteroatoms. The van der Waals surface area contributed by atoms with E-state index >= 15 is 0 Å². The van der Waals surface area contributed by atoms with Crippen LogP contribution in [-0.4, -0.2) is 43.8 Å². The second-order valence-electron chi connectivity index (χ2n) is 8.91. The van der Waals surface area contributed by atoms with Crippen LogP contribution in [-0.2, 0) is 26.2 Å². The lowest BCUT2D eigenvalue weighted by Gasteiger charge is -2.32. The number of nitrogens with one attached hydrogen (secondary N) is 1. The van der Waals surface area contributed by atoms with Crippen LogP contribution in [0, 0.1) is 0 Å². The van der Waals surface area contributed by atoms with E-state index in [1.54, 1.807) is 67.6 Å². The number of amides is 2. The van der Waals surface area contributed by atoms with E-state index in [9.17, 15) is 18.0 Å². The Balaban J connectivity index is 2.03. The maximum absolute atomic E-state index is 13.8. The summed E-state index contributed by atoms with van der Waals surface area (Å²) in [4.78, 5) is 28.2. The van der Waals surface area contributed by atoms with Gasteiger partial charge < -0.3 is 10.2 Å². The van der Waals surface area contributed by atoms with Crippen molar-refractivity contribution < 1.29 is 18.0 Å². The minimum atomic E-state index is -4.12. The van der Waals surface area contributed by atoms with Gasteiger partial charge >= 0.3 is 0 Å². The molecule has 202 valence electrons. The number of carbonyl (C=O) groups excluding carboxylic acids is 2. The second kappa shape index (κ2) is 13.0. The molecule has 1 atom stereocenters. The van der Waals surface area contributed by atoms with E-state index in [-0.39, 0.29) is 23.4 Å². The smallest absolute Gasteiger partial charge is 0.264 e. The van der Waals surface area contributed by atoms with E-state index in [1.165, 1.54) is 17.0 Å². The lowest BCUT2D eigenvalue weighted by Crippen LogP contribution is -2.52. The van der Waals surface area contributed by atoms with Crippen LogP contribution in [0.2, 0.25) is 10.0 Å². The predicted octanol–water partition coefficient (Wildman–Crippen LogP) is 5.89. The SMILES string of the molecule is CC(C)NC(=O)[C@@H](C)N(Cc1ccc(Cl)c(Cl)c1)C(=O)CN(c1cccc(Br)c1)S(=O)(=O)c1ccccc1. The van der Waals surface area contributed by atoms with Crippen molar-refractivity contribution >= 4 is 66.7 Å². The summed E-state index contributed by atoms with van der Waals surface area (Å²) in [5.74, 6) is -0.935. The Kier molecular flexibility index (Phi) is 10.2. The van der Waals surface area contributed by atoms with Crippen LogP contribution in [0.1, 0.15) is 26.3 Å². The van der Waals surface area contributed by atoms with E-state index in [0.717, 1.165) is 4.31 Å². The first kappa shape index (κ1) is 30.0. The molecule has 0 heterocycles. The lowest BCUT2D eigenvalue weighted by atomic mass is 10.1. The predicted molar refractivity (Wildman–Crippen MR) is 155 cm³/mol. The Morgan fingerprint density at radius 3 is 2.21 bits per heavy atom. The van der Waals surface area contributed by atoms with Crippen molar-refractivity contribution in [1.82, 2.24) is 10.2 Å². The van der Waals surface area contributed by atoms with E-state index in [2.05, 4.69) is 21.2 Å². The fourth-order valence-corrected chi connectivity index (χ4v) is 5.84. The van der Waals surface area contributed by atoms with Crippen molar-refractivity contribution in [2.24, 2.45) is 0 Å². The fraction of sp³-hybridized carbons (Fsp3) is 0.259. The van der Waals surface area contributed by atoms with Gasteiger partial charge in [-0.2, -0.15) is 0 Å². The molecule has 3 aromatic carbocycles. The minimum absolute atomic E-state index is 0.0140. The number of hydrogen-bond acceptors (Lipinski definition) is 4. The highest BCUT2D eigenvalue weighted by Gasteiger charge is 2.32. The Labute approximate surface area is 241 Å². The molecule has 0 bridgehead atoms. The quantitative estimate of drug-likeness (QED) is 0.299. The molecule has 7 nitrogen and oxygen atoms in total. The average Bonchev–Trinajstić information content (AvgIpc) is 2.87. The molecule has 2 amide bonds. The third-order valence-electron chi connectivity index (χ3n) is 5.64. The largest absolute Gasteiger partial charge is 0.352 e. The number of hydrogen-bond donors (Lipinski definition) is 1. The summed E-state index contributed by atoms with van der Waals surface area (Å²) in [5.41, 5.74) is 0.933. The molecular weight excluding hydrogens is 613 g/mol. The summed E-state index contributed by atoms with van der Waals surface area (Å²) in [7, 11) is -4.12. The number of nitrogens with zero attached hydrogens (tertiary/aromatic N) is 2. The van der Waals surface area contributed by atoms with Gasteiger partial charge in [0.2, 0.25) is 11.8 Å². The van der Waals surface area contributed by atoms with Crippen molar-refractivity contribution in [2.75, 3.05) is 10.8 Å². The first-order valence-electron chi connectivity index (χ1n) is 11.8. The molecule has 0 radical (unpaired) electrons. The first-order valence-corrected chi connectivity index (χ1v) is 14.8. The van der Waals surface area contributed by atoms with Gasteiger partial charge in [0.15, 0.2) is 0 Å². The zero-order valence-corrected chi connectivity index (χ0v) is 25.0. The normalized spacial score (nSPS) is 12.2. The number of rotatable bonds is 10. The second-order valence-corrected chi connectivity index (χ2v) is 12.5. The number of sulfonamides is 1. The van der Waals surface area contributed by atoms with Crippen LogP contribution in [0.3, 0.4) is 0 Å². The molecule has 0 spiro atoms. The van der Waals surface area contributed by atoms with Crippen LogP contribution in [0.15, 0.2) is 82.2 Å². The van der Waals surface area contributed by atoms with Crippen molar-refractivity contribution in [3.05, 3.63) is 92.9 Å². The number of halogens is 3. The highest BCUT2D eigenvalue weighted by atomic mass is 79.9. The van der Waals surface area contributed by atoms with Gasteiger partial charge in [-0.15, -0.1) is 0 Å². The van der Waals surface area contributed by atoms with E-state index in [4.69, 9.17) is 23.2 Å². The monoisotopic (exact) mass is 639 g/mol. The summed E-state index contributed by atoms with van der Waals surface area (Å²) in [5, 5.41) is 3.47. The van der Waals surface area contributed by atoms with Gasteiger partial charge in [0.1, 0.15) is 12.6 Å². The minimum Gasteiger partial charge on any atom is -0.352 e. The van der Waals surface area contributed by atoms with Crippen molar-refractivity contribution in [3.8, 4) is 0 Å². The van der Waals surface area contributed by atoms with Gasteiger partial charge in [0, 0.05) is 17.1 Å². The van der Waals surface area contributed by atoms with E-state index in [1.807, 2.05) is 13.8 Å². The topological polar surface area (TPSA) is 86.8 Å². The fourth-order valence-electron chi connectivity index (χ4n) is 3.70. The summed E-state index contributed by atoms with van der Waals surface area (Å²) < 4.78 is 29.1. The molecule has 0 aliphatic carbocycles.